The Morgan fingerprint density at radius 1 is 1.20 bits per heavy atom. The van der Waals surface area contributed by atoms with Gasteiger partial charge < -0.3 is 35.0 Å². The second kappa shape index (κ2) is 11.9. The molecule has 1 heterocycles. The topological polar surface area (TPSA) is 103 Å². The first kappa shape index (κ1) is 26.3. The molecule has 1 aliphatic rings. The summed E-state index contributed by atoms with van der Waals surface area (Å²) in [5, 5.41) is 15.3. The third kappa shape index (κ3) is 7.10. The van der Waals surface area contributed by atoms with Crippen LogP contribution in [0.5, 0.6) is 11.5 Å². The lowest BCUT2D eigenvalue weighted by atomic mass is 10.0. The zero-order valence-electron chi connectivity index (χ0n) is 21.1. The van der Waals surface area contributed by atoms with Gasteiger partial charge in [-0.1, -0.05) is 6.92 Å². The Morgan fingerprint density at radius 2 is 1.86 bits per heavy atom. The van der Waals surface area contributed by atoms with Crippen molar-refractivity contribution in [1.82, 2.24) is 9.80 Å². The highest BCUT2D eigenvalue weighted by Gasteiger charge is 2.30. The highest BCUT2D eigenvalue weighted by Crippen LogP contribution is 2.29. The van der Waals surface area contributed by atoms with E-state index in [2.05, 4.69) is 22.5 Å². The number of fused-ring (bicyclic) bond motifs is 1. The van der Waals surface area contributed by atoms with E-state index < -0.39 is 6.03 Å². The third-order valence-corrected chi connectivity index (χ3v) is 6.07. The second-order valence-electron chi connectivity index (χ2n) is 9.28. The van der Waals surface area contributed by atoms with Crippen molar-refractivity contribution in [3.63, 3.8) is 0 Å². The van der Waals surface area contributed by atoms with Gasteiger partial charge in [0.15, 0.2) is 0 Å². The van der Waals surface area contributed by atoms with E-state index in [1.807, 2.05) is 21.0 Å². The number of aliphatic hydroxyl groups is 1. The fraction of sp³-hybridized carbons (Fsp3) is 0.462. The van der Waals surface area contributed by atoms with E-state index in [1.54, 1.807) is 54.5 Å². The van der Waals surface area contributed by atoms with Gasteiger partial charge in [0, 0.05) is 35.9 Å². The minimum Gasteiger partial charge on any atom is -0.497 e. The molecule has 9 heteroatoms. The van der Waals surface area contributed by atoms with Gasteiger partial charge in [0.2, 0.25) is 5.91 Å². The highest BCUT2D eigenvalue weighted by molar-refractivity contribution is 6.00. The van der Waals surface area contributed by atoms with Gasteiger partial charge in [-0.15, -0.1) is 0 Å². The molecule has 0 fully saturated rings. The maximum atomic E-state index is 13.2. The molecule has 3 atom stereocenters. The fourth-order valence-electron chi connectivity index (χ4n) is 4.05. The molecule has 2 aromatic rings. The molecule has 3 amide bonds. The summed E-state index contributed by atoms with van der Waals surface area (Å²) < 4.78 is 11.5. The maximum absolute atomic E-state index is 13.2. The molecule has 190 valence electrons. The minimum absolute atomic E-state index is 0.0503. The molecule has 0 unspecified atom stereocenters. The van der Waals surface area contributed by atoms with Crippen molar-refractivity contribution in [3.8, 4) is 11.5 Å². The minimum atomic E-state index is -0.403. The molecule has 3 N–H and O–H groups in total. The Labute approximate surface area is 207 Å². The quantitative estimate of drug-likeness (QED) is 0.558. The summed E-state index contributed by atoms with van der Waals surface area (Å²) >= 11 is 0. The second-order valence-corrected chi connectivity index (χ2v) is 9.28. The molecule has 0 saturated carbocycles. The largest absolute Gasteiger partial charge is 0.497 e. The SMILES string of the molecule is COc1ccc(NC(=O)Nc2ccc3c(c2)CC(=O)N([C@H](C)CO)C[C@H](C)[C@H](CN(C)C)O3)cc1. The van der Waals surface area contributed by atoms with Gasteiger partial charge in [-0.05, 0) is 63.5 Å². The average molecular weight is 485 g/mol. The van der Waals surface area contributed by atoms with Crippen LogP contribution in [0.4, 0.5) is 16.2 Å². The summed E-state index contributed by atoms with van der Waals surface area (Å²) in [6.45, 7) is 4.95. The number of nitrogens with zero attached hydrogens (tertiary/aromatic N) is 2. The normalized spacial score (nSPS) is 19.1. The van der Waals surface area contributed by atoms with Crippen LogP contribution in [0.2, 0.25) is 0 Å². The number of anilines is 2. The number of likely N-dealkylation sites (N-methyl/N-ethyl adjacent to an activating group) is 1. The van der Waals surface area contributed by atoms with Crippen LogP contribution >= 0.6 is 0 Å². The number of methoxy groups -OCH3 is 1. The number of aliphatic hydroxyl groups excluding tert-OH is 1. The highest BCUT2D eigenvalue weighted by atomic mass is 16.5. The smallest absolute Gasteiger partial charge is 0.323 e. The number of urea groups is 1. The predicted octanol–water partition coefficient (Wildman–Crippen LogP) is 3.05. The predicted molar refractivity (Wildman–Crippen MR) is 136 cm³/mol. The summed E-state index contributed by atoms with van der Waals surface area (Å²) in [6, 6.07) is 11.6. The van der Waals surface area contributed by atoms with E-state index in [9.17, 15) is 14.7 Å². The zero-order chi connectivity index (χ0) is 25.5. The molecule has 0 radical (unpaired) electrons. The molecular formula is C26H36N4O5. The molecule has 3 rings (SSSR count). The van der Waals surface area contributed by atoms with Crippen molar-refractivity contribution in [1.29, 1.82) is 0 Å². The Balaban J connectivity index is 1.83. The van der Waals surface area contributed by atoms with Crippen LogP contribution < -0.4 is 20.1 Å². The van der Waals surface area contributed by atoms with Gasteiger partial charge in [-0.25, -0.2) is 4.79 Å². The van der Waals surface area contributed by atoms with Gasteiger partial charge in [-0.3, -0.25) is 4.79 Å². The van der Waals surface area contributed by atoms with E-state index in [4.69, 9.17) is 9.47 Å². The Bertz CT molecular complexity index is 1010. The van der Waals surface area contributed by atoms with E-state index in [-0.39, 0.29) is 37.0 Å². The molecule has 1 aliphatic heterocycles. The van der Waals surface area contributed by atoms with Crippen molar-refractivity contribution in [3.05, 3.63) is 48.0 Å². The van der Waals surface area contributed by atoms with Gasteiger partial charge in [0.1, 0.15) is 17.6 Å². The lowest BCUT2D eigenvalue weighted by Crippen LogP contribution is -2.47. The molecule has 0 spiro atoms. The fourth-order valence-corrected chi connectivity index (χ4v) is 4.05. The Morgan fingerprint density at radius 3 is 2.49 bits per heavy atom. The number of hydrogen-bond donors (Lipinski definition) is 3. The van der Waals surface area contributed by atoms with Gasteiger partial charge in [-0.2, -0.15) is 0 Å². The summed E-state index contributed by atoms with van der Waals surface area (Å²) in [6.07, 6.45) is -0.0447. The third-order valence-electron chi connectivity index (χ3n) is 6.07. The van der Waals surface area contributed by atoms with E-state index in [1.165, 1.54) is 0 Å². The van der Waals surface area contributed by atoms with Crippen LogP contribution in [0, 0.1) is 5.92 Å². The van der Waals surface area contributed by atoms with Crippen molar-refractivity contribution >= 4 is 23.3 Å². The summed E-state index contributed by atoms with van der Waals surface area (Å²) in [4.78, 5) is 29.6. The van der Waals surface area contributed by atoms with Crippen LogP contribution in [0.1, 0.15) is 19.4 Å². The van der Waals surface area contributed by atoms with Crippen LogP contribution in [-0.4, -0.2) is 79.9 Å². The number of hydrogen-bond acceptors (Lipinski definition) is 6. The van der Waals surface area contributed by atoms with Gasteiger partial charge in [0.25, 0.3) is 0 Å². The summed E-state index contributed by atoms with van der Waals surface area (Å²) in [5.41, 5.74) is 1.85. The molecule has 0 aliphatic carbocycles. The van der Waals surface area contributed by atoms with Gasteiger partial charge >= 0.3 is 6.03 Å². The number of nitrogens with one attached hydrogen (secondary N) is 2. The van der Waals surface area contributed by atoms with Gasteiger partial charge in [0.05, 0.1) is 26.2 Å². The van der Waals surface area contributed by atoms with E-state index in [0.717, 1.165) is 0 Å². The molecular weight excluding hydrogens is 448 g/mol. The average Bonchev–Trinajstić information content (AvgIpc) is 2.86. The van der Waals surface area contributed by atoms with Crippen molar-refractivity contribution in [2.75, 3.05) is 51.5 Å². The lowest BCUT2D eigenvalue weighted by Gasteiger charge is -2.33. The van der Waals surface area contributed by atoms with Crippen LogP contribution in [0.3, 0.4) is 0 Å². The molecule has 9 nitrogen and oxygen atoms in total. The van der Waals surface area contributed by atoms with Crippen LogP contribution in [0.15, 0.2) is 42.5 Å². The number of carbonyl (C=O) groups is 2. The van der Waals surface area contributed by atoms with Crippen LogP contribution in [0.25, 0.3) is 0 Å². The van der Waals surface area contributed by atoms with E-state index in [0.29, 0.717) is 41.5 Å². The Hall–Kier alpha value is -3.30. The maximum Gasteiger partial charge on any atom is 0.323 e. The van der Waals surface area contributed by atoms with Crippen LogP contribution in [-0.2, 0) is 11.2 Å². The molecule has 35 heavy (non-hydrogen) atoms. The van der Waals surface area contributed by atoms with Crippen molar-refractivity contribution in [2.24, 2.45) is 5.92 Å². The molecule has 2 aromatic carbocycles. The number of amides is 3. The first-order valence-corrected chi connectivity index (χ1v) is 11.8. The van der Waals surface area contributed by atoms with E-state index >= 15 is 0 Å². The number of carbonyl (C=O) groups excluding carboxylic acids is 2. The molecule has 0 aromatic heterocycles. The standard InChI is InChI=1S/C26H36N4O5/c1-17-14-30(18(2)16-31)25(32)13-19-12-21(8-11-23(19)35-24(17)15-29(3)4)28-26(33)27-20-6-9-22(34-5)10-7-20/h6-12,17-18,24,31H,13-16H2,1-5H3,(H2,27,28,33)/t17-,18+,24-/m0/s1. The molecule has 0 saturated heterocycles. The molecule has 0 bridgehead atoms. The van der Waals surface area contributed by atoms with Crippen molar-refractivity contribution in [2.45, 2.75) is 32.4 Å². The first-order chi connectivity index (χ1) is 16.7. The number of benzene rings is 2. The Kier molecular flexibility index (Phi) is 8.95. The summed E-state index contributed by atoms with van der Waals surface area (Å²) in [7, 11) is 5.55. The van der Waals surface area contributed by atoms with Crippen molar-refractivity contribution < 1.29 is 24.2 Å². The monoisotopic (exact) mass is 484 g/mol. The lowest BCUT2D eigenvalue weighted by molar-refractivity contribution is -0.134. The number of rotatable bonds is 7. The zero-order valence-corrected chi connectivity index (χ0v) is 21.1. The first-order valence-electron chi connectivity index (χ1n) is 11.8. The number of ether oxygens (including phenoxy) is 2. The summed E-state index contributed by atoms with van der Waals surface area (Å²) in [5.74, 6) is 1.28.